The summed E-state index contributed by atoms with van der Waals surface area (Å²) in [4.78, 5) is 50.7. The second-order valence-corrected chi connectivity index (χ2v) is 9.43. The normalized spacial score (nSPS) is 15.5. The van der Waals surface area contributed by atoms with Crippen LogP contribution in [0.25, 0.3) is 0 Å². The number of carbonyl (C=O) groups excluding carboxylic acids is 3. The highest BCUT2D eigenvalue weighted by Crippen LogP contribution is 2.33. The first-order valence-electron chi connectivity index (χ1n) is 11.8. The molecule has 0 saturated heterocycles. The maximum absolute atomic E-state index is 13.1. The fraction of sp³-hybridized carbons (Fsp3) is 0.346. The van der Waals surface area contributed by atoms with Crippen molar-refractivity contribution in [2.75, 3.05) is 18.5 Å². The molecular formula is C26H29ClN4O6. The molecule has 1 atom stereocenters. The molecule has 0 saturated carbocycles. The topological polar surface area (TPSA) is 131 Å². The molecule has 10 nitrogen and oxygen atoms in total. The van der Waals surface area contributed by atoms with Crippen molar-refractivity contribution in [3.05, 3.63) is 80.0 Å². The van der Waals surface area contributed by atoms with E-state index in [0.717, 1.165) is 6.07 Å². The zero-order valence-electron chi connectivity index (χ0n) is 21.0. The van der Waals surface area contributed by atoms with Crippen LogP contribution >= 0.6 is 11.6 Å². The van der Waals surface area contributed by atoms with Gasteiger partial charge >= 0.3 is 12.0 Å². The van der Waals surface area contributed by atoms with E-state index in [4.69, 9.17) is 16.3 Å². The summed E-state index contributed by atoms with van der Waals surface area (Å²) in [6.07, 6.45) is 0.705. The first-order valence-corrected chi connectivity index (χ1v) is 12.2. The summed E-state index contributed by atoms with van der Waals surface area (Å²) in [5.74, 6) is -0.954. The minimum atomic E-state index is -0.792. The number of rotatable bonds is 9. The number of nitro benzene ring substituents is 1. The van der Waals surface area contributed by atoms with E-state index in [-0.39, 0.29) is 34.8 Å². The summed E-state index contributed by atoms with van der Waals surface area (Å²) in [5, 5.41) is 16.5. The second-order valence-electron chi connectivity index (χ2n) is 9.03. The Hall–Kier alpha value is -3.92. The van der Waals surface area contributed by atoms with Crippen molar-refractivity contribution in [1.82, 2.24) is 10.2 Å². The van der Waals surface area contributed by atoms with Gasteiger partial charge in [0.1, 0.15) is 0 Å². The molecule has 0 aromatic heterocycles. The highest BCUT2D eigenvalue weighted by molar-refractivity contribution is 6.34. The van der Waals surface area contributed by atoms with Crippen LogP contribution in [0.15, 0.2) is 53.7 Å². The number of nitrogens with one attached hydrogen (secondary N) is 2. The van der Waals surface area contributed by atoms with Crippen molar-refractivity contribution < 1.29 is 24.0 Å². The number of urea groups is 1. The van der Waals surface area contributed by atoms with E-state index in [0.29, 0.717) is 35.5 Å². The van der Waals surface area contributed by atoms with E-state index in [1.165, 1.54) is 17.0 Å². The number of ether oxygens (including phenoxy) is 1. The van der Waals surface area contributed by atoms with Crippen molar-refractivity contribution in [3.63, 3.8) is 0 Å². The van der Waals surface area contributed by atoms with Gasteiger partial charge in [0.2, 0.25) is 0 Å². The van der Waals surface area contributed by atoms with Crippen LogP contribution in [0.5, 0.6) is 0 Å². The zero-order chi connectivity index (χ0) is 27.3. The monoisotopic (exact) mass is 528 g/mol. The summed E-state index contributed by atoms with van der Waals surface area (Å²) < 4.78 is 5.51. The van der Waals surface area contributed by atoms with Crippen LogP contribution in [0.1, 0.15) is 56.1 Å². The fourth-order valence-electron chi connectivity index (χ4n) is 3.90. The third kappa shape index (κ3) is 6.45. The number of esters is 1. The highest BCUT2D eigenvalue weighted by atomic mass is 35.5. The molecule has 0 fully saturated rings. The third-order valence-electron chi connectivity index (χ3n) is 5.70. The summed E-state index contributed by atoms with van der Waals surface area (Å²) in [6.45, 7) is 8.19. The Morgan fingerprint density at radius 1 is 1.24 bits per heavy atom. The molecule has 1 heterocycles. The van der Waals surface area contributed by atoms with Crippen LogP contribution in [0.4, 0.5) is 16.2 Å². The molecule has 1 aliphatic heterocycles. The summed E-state index contributed by atoms with van der Waals surface area (Å²) in [7, 11) is 0. The number of halogens is 1. The van der Waals surface area contributed by atoms with Crippen LogP contribution in [-0.2, 0) is 9.53 Å². The lowest BCUT2D eigenvalue weighted by Gasteiger charge is -2.35. The molecule has 2 aromatic rings. The van der Waals surface area contributed by atoms with Crippen LogP contribution in [0.2, 0.25) is 5.02 Å². The van der Waals surface area contributed by atoms with Gasteiger partial charge in [-0.3, -0.25) is 19.8 Å². The molecule has 1 aliphatic rings. The predicted molar refractivity (Wildman–Crippen MR) is 139 cm³/mol. The number of nitrogens with zero attached hydrogens (tertiary/aromatic N) is 2. The van der Waals surface area contributed by atoms with Crippen molar-refractivity contribution in [3.8, 4) is 0 Å². The maximum Gasteiger partial charge on any atom is 0.338 e. The second kappa shape index (κ2) is 11.9. The van der Waals surface area contributed by atoms with Gasteiger partial charge < -0.3 is 15.4 Å². The van der Waals surface area contributed by atoms with Crippen LogP contribution in [-0.4, -0.2) is 40.9 Å². The number of hydrogen-bond donors (Lipinski definition) is 2. The number of nitro groups is 1. The number of amides is 3. The molecule has 1 unspecified atom stereocenters. The minimum absolute atomic E-state index is 0.0625. The predicted octanol–water partition coefficient (Wildman–Crippen LogP) is 5.45. The first-order chi connectivity index (χ1) is 17.5. The van der Waals surface area contributed by atoms with E-state index < -0.39 is 22.8 Å². The molecule has 11 heteroatoms. The van der Waals surface area contributed by atoms with Crippen LogP contribution in [0, 0.1) is 16.0 Å². The Bertz CT molecular complexity index is 1260. The van der Waals surface area contributed by atoms with E-state index in [9.17, 15) is 24.5 Å². The van der Waals surface area contributed by atoms with Crippen molar-refractivity contribution in [1.29, 1.82) is 0 Å². The lowest BCUT2D eigenvalue weighted by Crippen LogP contribution is -2.48. The Morgan fingerprint density at radius 2 is 1.97 bits per heavy atom. The van der Waals surface area contributed by atoms with Crippen molar-refractivity contribution in [2.45, 2.75) is 40.2 Å². The minimum Gasteiger partial charge on any atom is -0.462 e. The SMILES string of the molecule is CCCN1C(=O)NC(c2cccc(NC(=O)c3ccc([N+](=O)[O-])cc3Cl)c2)C(C(=O)OCC(C)C)=C1C. The Morgan fingerprint density at radius 3 is 2.59 bits per heavy atom. The Balaban J connectivity index is 1.93. The number of hydrogen-bond acceptors (Lipinski definition) is 6. The molecule has 3 amide bonds. The Labute approximate surface area is 219 Å². The van der Waals surface area contributed by atoms with E-state index in [1.54, 1.807) is 31.2 Å². The van der Waals surface area contributed by atoms with Gasteiger partial charge in [0.05, 0.1) is 33.7 Å². The van der Waals surface area contributed by atoms with Crippen LogP contribution in [0.3, 0.4) is 0 Å². The molecule has 2 N–H and O–H groups in total. The van der Waals surface area contributed by atoms with Gasteiger partial charge in [-0.05, 0) is 43.0 Å². The van der Waals surface area contributed by atoms with E-state index in [2.05, 4.69) is 10.6 Å². The summed E-state index contributed by atoms with van der Waals surface area (Å²) in [5.41, 5.74) is 1.61. The average molecular weight is 529 g/mol. The molecule has 0 radical (unpaired) electrons. The number of benzene rings is 2. The molecule has 196 valence electrons. The number of anilines is 1. The summed E-state index contributed by atoms with van der Waals surface area (Å²) in [6, 6.07) is 9.14. The van der Waals surface area contributed by atoms with Gasteiger partial charge in [0.25, 0.3) is 11.6 Å². The lowest BCUT2D eigenvalue weighted by molar-refractivity contribution is -0.384. The van der Waals surface area contributed by atoms with Gasteiger partial charge in [0, 0.05) is 30.1 Å². The fourth-order valence-corrected chi connectivity index (χ4v) is 4.17. The number of non-ortho nitro benzene ring substituents is 1. The van der Waals surface area contributed by atoms with Gasteiger partial charge in [0.15, 0.2) is 0 Å². The van der Waals surface area contributed by atoms with Gasteiger partial charge in [-0.25, -0.2) is 9.59 Å². The standard InChI is InChI=1S/C26H29ClN4O6/c1-5-11-30-16(4)22(25(33)37-14-15(2)3)23(29-26(30)34)17-7-6-8-18(12-17)28-24(32)20-10-9-19(31(35)36)13-21(20)27/h6-10,12-13,15,23H,5,11,14H2,1-4H3,(H,28,32)(H,29,34). The van der Waals surface area contributed by atoms with Gasteiger partial charge in [-0.15, -0.1) is 0 Å². The van der Waals surface area contributed by atoms with Crippen molar-refractivity contribution >= 4 is 40.9 Å². The van der Waals surface area contributed by atoms with Crippen LogP contribution < -0.4 is 10.6 Å². The van der Waals surface area contributed by atoms with E-state index >= 15 is 0 Å². The third-order valence-corrected chi connectivity index (χ3v) is 6.01. The van der Waals surface area contributed by atoms with E-state index in [1.807, 2.05) is 20.8 Å². The largest absolute Gasteiger partial charge is 0.462 e. The number of allylic oxidation sites excluding steroid dienone is 1. The molecule has 0 bridgehead atoms. The quantitative estimate of drug-likeness (QED) is 0.253. The maximum atomic E-state index is 13.1. The highest BCUT2D eigenvalue weighted by Gasteiger charge is 2.36. The molecule has 37 heavy (non-hydrogen) atoms. The smallest absolute Gasteiger partial charge is 0.338 e. The molecular weight excluding hydrogens is 500 g/mol. The summed E-state index contributed by atoms with van der Waals surface area (Å²) >= 11 is 6.09. The van der Waals surface area contributed by atoms with Gasteiger partial charge in [-0.2, -0.15) is 0 Å². The molecule has 0 spiro atoms. The van der Waals surface area contributed by atoms with Gasteiger partial charge in [-0.1, -0.05) is 44.5 Å². The van der Waals surface area contributed by atoms with Crippen molar-refractivity contribution in [2.24, 2.45) is 5.92 Å². The zero-order valence-corrected chi connectivity index (χ0v) is 21.8. The Kier molecular flexibility index (Phi) is 8.88. The average Bonchev–Trinajstić information content (AvgIpc) is 2.84. The molecule has 0 aliphatic carbocycles. The molecule has 2 aromatic carbocycles. The lowest BCUT2D eigenvalue weighted by atomic mass is 9.94. The first kappa shape index (κ1) is 27.7. The molecule has 3 rings (SSSR count). The number of carbonyl (C=O) groups is 3.